The molecular formula is C21H23BrClN7. The van der Waals surface area contributed by atoms with Gasteiger partial charge in [-0.3, -0.25) is 0 Å². The van der Waals surface area contributed by atoms with Gasteiger partial charge in [-0.25, -0.2) is 0 Å². The smallest absolute Gasteiger partial charge is 0.228 e. The summed E-state index contributed by atoms with van der Waals surface area (Å²) < 4.78 is 1.02. The number of benzene rings is 2. The van der Waals surface area contributed by atoms with Gasteiger partial charge in [-0.05, 0) is 35.9 Å². The molecule has 3 aromatic rings. The summed E-state index contributed by atoms with van der Waals surface area (Å²) >= 11 is 9.55. The van der Waals surface area contributed by atoms with E-state index in [0.717, 1.165) is 10.0 Å². The number of nitrogens with zero attached hydrogens (tertiary/aromatic N) is 6. The first kappa shape index (κ1) is 22.0. The van der Waals surface area contributed by atoms with Crippen molar-refractivity contribution in [2.45, 2.75) is 6.54 Å². The van der Waals surface area contributed by atoms with Gasteiger partial charge in [0.05, 0.1) is 5.69 Å². The fourth-order valence-corrected chi connectivity index (χ4v) is 3.15. The quantitative estimate of drug-likeness (QED) is 0.410. The minimum absolute atomic E-state index is 0.563. The second-order valence-electron chi connectivity index (χ2n) is 6.95. The van der Waals surface area contributed by atoms with Gasteiger partial charge in [-0.1, -0.05) is 45.7 Å². The topological polar surface area (TPSA) is 69.0 Å². The van der Waals surface area contributed by atoms with Crippen LogP contribution in [0, 0.1) is 0 Å². The molecule has 0 aliphatic rings. The maximum absolute atomic E-state index is 5.96. The summed E-state index contributed by atoms with van der Waals surface area (Å²) in [6.45, 7) is 0.571. The highest BCUT2D eigenvalue weighted by atomic mass is 79.9. The number of hydrogen-bond acceptors (Lipinski definition) is 7. The second-order valence-corrected chi connectivity index (χ2v) is 8.25. The largest absolute Gasteiger partial charge is 0.364 e. The molecule has 0 fully saturated rings. The van der Waals surface area contributed by atoms with Crippen molar-refractivity contribution in [3.63, 3.8) is 0 Å². The third kappa shape index (κ3) is 5.46. The lowest BCUT2D eigenvalue weighted by molar-refractivity contribution is 0.954. The molecule has 0 spiro atoms. The maximum Gasteiger partial charge on any atom is 0.228 e. The number of anilines is 3. The summed E-state index contributed by atoms with van der Waals surface area (Å²) in [6, 6.07) is 15.2. The minimum atomic E-state index is 0.563. The molecule has 1 heterocycles. The Bertz CT molecular complexity index is 1040. The van der Waals surface area contributed by atoms with Gasteiger partial charge in [0.2, 0.25) is 5.95 Å². The Labute approximate surface area is 189 Å². The molecule has 0 radical (unpaired) electrons. The van der Waals surface area contributed by atoms with Crippen molar-refractivity contribution in [3.05, 3.63) is 63.6 Å². The fraction of sp³-hybridized carbons (Fsp3) is 0.238. The van der Waals surface area contributed by atoms with Crippen molar-refractivity contribution in [1.82, 2.24) is 9.97 Å². The number of hydrogen-bond donors (Lipinski definition) is 1. The van der Waals surface area contributed by atoms with Gasteiger partial charge in [-0.15, -0.1) is 5.11 Å². The molecule has 0 unspecified atom stereocenters. The molecule has 0 atom stereocenters. The van der Waals surface area contributed by atoms with Crippen molar-refractivity contribution in [3.8, 4) is 0 Å². The highest BCUT2D eigenvalue weighted by Crippen LogP contribution is 2.36. The second kappa shape index (κ2) is 9.86. The molecule has 0 saturated heterocycles. The predicted octanol–water partition coefficient (Wildman–Crippen LogP) is 6.05. The van der Waals surface area contributed by atoms with Gasteiger partial charge in [-0.2, -0.15) is 15.1 Å². The minimum Gasteiger partial charge on any atom is -0.364 e. The van der Waals surface area contributed by atoms with E-state index >= 15 is 0 Å². The van der Waals surface area contributed by atoms with E-state index in [1.54, 1.807) is 12.1 Å². The van der Waals surface area contributed by atoms with E-state index in [9.17, 15) is 0 Å². The van der Waals surface area contributed by atoms with Crippen LogP contribution in [0.3, 0.4) is 0 Å². The van der Waals surface area contributed by atoms with Crippen LogP contribution in [0.5, 0.6) is 0 Å². The first-order chi connectivity index (χ1) is 14.3. The van der Waals surface area contributed by atoms with E-state index in [1.165, 1.54) is 0 Å². The summed E-state index contributed by atoms with van der Waals surface area (Å²) in [5, 5.41) is 12.9. The van der Waals surface area contributed by atoms with Crippen molar-refractivity contribution in [1.29, 1.82) is 0 Å². The van der Waals surface area contributed by atoms with E-state index in [4.69, 9.17) is 11.6 Å². The number of azo groups is 1. The molecule has 0 amide bonds. The molecule has 30 heavy (non-hydrogen) atoms. The van der Waals surface area contributed by atoms with Crippen LogP contribution in [0.25, 0.3) is 0 Å². The molecule has 3 rings (SSSR count). The van der Waals surface area contributed by atoms with Gasteiger partial charge < -0.3 is 15.1 Å². The fourth-order valence-electron chi connectivity index (χ4n) is 2.59. The molecule has 0 bridgehead atoms. The molecule has 9 heteroatoms. The Morgan fingerprint density at radius 1 is 0.933 bits per heavy atom. The van der Waals surface area contributed by atoms with Crippen LogP contribution in [0.2, 0.25) is 5.02 Å². The summed E-state index contributed by atoms with van der Waals surface area (Å²) in [5.74, 6) is 1.85. The number of rotatable bonds is 7. The molecule has 0 aliphatic heterocycles. The molecular weight excluding hydrogens is 466 g/mol. The van der Waals surface area contributed by atoms with E-state index in [-0.39, 0.29) is 0 Å². The molecule has 7 nitrogen and oxygen atoms in total. The third-order valence-electron chi connectivity index (χ3n) is 4.17. The van der Waals surface area contributed by atoms with Crippen molar-refractivity contribution in [2.75, 3.05) is 43.3 Å². The molecule has 156 valence electrons. The van der Waals surface area contributed by atoms with Crippen LogP contribution in [-0.4, -0.2) is 38.2 Å². The van der Waals surface area contributed by atoms with Crippen molar-refractivity contribution < 1.29 is 0 Å². The van der Waals surface area contributed by atoms with Crippen LogP contribution in [0.15, 0.2) is 63.2 Å². The average Bonchev–Trinajstić information content (AvgIpc) is 2.72. The number of nitrogens with one attached hydrogen (secondary N) is 1. The van der Waals surface area contributed by atoms with Gasteiger partial charge in [0.25, 0.3) is 0 Å². The maximum atomic E-state index is 5.96. The van der Waals surface area contributed by atoms with Gasteiger partial charge in [0, 0.05) is 44.2 Å². The summed E-state index contributed by atoms with van der Waals surface area (Å²) in [4.78, 5) is 13.1. The summed E-state index contributed by atoms with van der Waals surface area (Å²) in [5.41, 5.74) is 2.36. The Morgan fingerprint density at radius 3 is 2.27 bits per heavy atom. The number of aromatic nitrogens is 2. The van der Waals surface area contributed by atoms with Gasteiger partial charge in [0.1, 0.15) is 0 Å². The predicted molar refractivity (Wildman–Crippen MR) is 128 cm³/mol. The Balaban J connectivity index is 2.02. The van der Waals surface area contributed by atoms with E-state index < -0.39 is 0 Å². The lowest BCUT2D eigenvalue weighted by Gasteiger charge is -2.20. The van der Waals surface area contributed by atoms with Crippen molar-refractivity contribution >= 4 is 56.5 Å². The summed E-state index contributed by atoms with van der Waals surface area (Å²) in [6.07, 6.45) is 0. The zero-order valence-corrected chi connectivity index (χ0v) is 19.6. The van der Waals surface area contributed by atoms with Crippen LogP contribution < -0.4 is 15.1 Å². The first-order valence-electron chi connectivity index (χ1n) is 9.26. The van der Waals surface area contributed by atoms with Crippen LogP contribution >= 0.6 is 27.5 Å². The first-order valence-corrected chi connectivity index (χ1v) is 10.4. The summed E-state index contributed by atoms with van der Waals surface area (Å²) in [7, 11) is 7.64. The molecule has 1 N–H and O–H groups in total. The molecule has 0 saturated carbocycles. The highest BCUT2D eigenvalue weighted by Gasteiger charge is 2.17. The normalized spacial score (nSPS) is 11.0. The van der Waals surface area contributed by atoms with Crippen molar-refractivity contribution in [2.24, 2.45) is 10.2 Å². The average molecular weight is 489 g/mol. The van der Waals surface area contributed by atoms with Crippen LogP contribution in [0.1, 0.15) is 5.56 Å². The van der Waals surface area contributed by atoms with Crippen LogP contribution in [-0.2, 0) is 6.54 Å². The lowest BCUT2D eigenvalue weighted by atomic mass is 10.2. The molecule has 2 aromatic carbocycles. The SMILES string of the molecule is CN(C)c1nc(NCc2ccccc2Br)c(N=Nc2ccc(Cl)cc2)c(N(C)C)n1. The van der Waals surface area contributed by atoms with Gasteiger partial charge >= 0.3 is 0 Å². The Morgan fingerprint density at radius 2 is 1.63 bits per heavy atom. The zero-order chi connectivity index (χ0) is 21.7. The monoisotopic (exact) mass is 487 g/mol. The van der Waals surface area contributed by atoms with Crippen LogP contribution in [0.4, 0.5) is 29.0 Å². The molecule has 1 aromatic heterocycles. The van der Waals surface area contributed by atoms with E-state index in [0.29, 0.717) is 40.5 Å². The molecule has 0 aliphatic carbocycles. The van der Waals surface area contributed by atoms with Gasteiger partial charge in [0.15, 0.2) is 17.3 Å². The third-order valence-corrected chi connectivity index (χ3v) is 5.20. The number of halogens is 2. The standard InChI is InChI=1S/C21H23BrClN7/c1-29(2)20-18(28-27-16-11-9-15(23)10-12-16)19(25-21(26-20)30(3)4)24-13-14-7-5-6-8-17(14)22/h5-12H,13H2,1-4H3,(H,24,25,26). The highest BCUT2D eigenvalue weighted by molar-refractivity contribution is 9.10. The lowest BCUT2D eigenvalue weighted by Crippen LogP contribution is -2.18. The van der Waals surface area contributed by atoms with E-state index in [2.05, 4.69) is 41.4 Å². The zero-order valence-electron chi connectivity index (χ0n) is 17.3. The Hall–Kier alpha value is -2.71. The van der Waals surface area contributed by atoms with E-state index in [1.807, 2.05) is 74.4 Å². The Kier molecular flexibility index (Phi) is 7.23.